The molecule has 0 radical (unpaired) electrons. The smallest absolute Gasteiger partial charge is 0.408 e. The van der Waals surface area contributed by atoms with Crippen LogP contribution in [0.15, 0.2) is 43.0 Å². The summed E-state index contributed by atoms with van der Waals surface area (Å²) in [4.78, 5) is 34.4. The lowest BCUT2D eigenvalue weighted by molar-refractivity contribution is -0.151. The third kappa shape index (κ3) is 4.93. The molecule has 2 N–H and O–H groups in total. The second kappa shape index (κ2) is 8.46. The molecule has 0 aliphatic heterocycles. The number of rotatable bonds is 7. The maximum atomic E-state index is 11.7. The Balaban J connectivity index is 2.66. The van der Waals surface area contributed by atoms with Gasteiger partial charge in [0.15, 0.2) is 0 Å². The fraction of sp³-hybridized carbons (Fsp3) is 0.267. The van der Waals surface area contributed by atoms with Gasteiger partial charge in [-0.3, -0.25) is 4.79 Å². The molecule has 1 aromatic rings. The lowest BCUT2D eigenvalue weighted by atomic mass is 10.0. The van der Waals surface area contributed by atoms with Gasteiger partial charge in [0, 0.05) is 0 Å². The van der Waals surface area contributed by atoms with Gasteiger partial charge in [0.05, 0.1) is 7.11 Å². The lowest BCUT2D eigenvalue weighted by Gasteiger charge is -2.19. The van der Waals surface area contributed by atoms with Crippen molar-refractivity contribution in [1.29, 1.82) is 0 Å². The first-order chi connectivity index (χ1) is 10.5. The van der Waals surface area contributed by atoms with Crippen molar-refractivity contribution >= 4 is 18.0 Å². The van der Waals surface area contributed by atoms with E-state index >= 15 is 0 Å². The van der Waals surface area contributed by atoms with Crippen LogP contribution in [0.1, 0.15) is 5.56 Å². The van der Waals surface area contributed by atoms with Gasteiger partial charge < -0.3 is 19.9 Å². The molecule has 2 atom stereocenters. The van der Waals surface area contributed by atoms with Gasteiger partial charge in [-0.05, 0) is 5.56 Å². The Bertz CT molecular complexity index is 542. The first kappa shape index (κ1) is 17.2. The zero-order valence-corrected chi connectivity index (χ0v) is 12.0. The topological polar surface area (TPSA) is 102 Å². The van der Waals surface area contributed by atoms with Crippen molar-refractivity contribution in [3.63, 3.8) is 0 Å². The maximum Gasteiger partial charge on any atom is 0.408 e. The average Bonchev–Trinajstić information content (AvgIpc) is 2.53. The number of carboxylic acids is 1. The van der Waals surface area contributed by atoms with Crippen molar-refractivity contribution in [2.24, 2.45) is 5.92 Å². The number of nitrogens with one attached hydrogen (secondary N) is 1. The van der Waals surface area contributed by atoms with E-state index in [-0.39, 0.29) is 6.61 Å². The van der Waals surface area contributed by atoms with Crippen molar-refractivity contribution < 1.29 is 29.0 Å². The SMILES string of the molecule is C=C[C@@H](C(=O)OC)[C@H](NC(=O)OCc1ccccc1)C(=O)O. The molecular weight excluding hydrogens is 290 g/mol. The fourth-order valence-corrected chi connectivity index (χ4v) is 1.70. The number of hydrogen-bond donors (Lipinski definition) is 2. The van der Waals surface area contributed by atoms with Crippen LogP contribution < -0.4 is 5.32 Å². The van der Waals surface area contributed by atoms with E-state index in [1.54, 1.807) is 24.3 Å². The van der Waals surface area contributed by atoms with Crippen LogP contribution in [-0.2, 0) is 25.7 Å². The monoisotopic (exact) mass is 307 g/mol. The molecule has 0 saturated heterocycles. The summed E-state index contributed by atoms with van der Waals surface area (Å²) in [6.07, 6.45) is 0.147. The first-order valence-electron chi connectivity index (χ1n) is 6.40. The predicted molar refractivity (Wildman–Crippen MR) is 76.9 cm³/mol. The van der Waals surface area contributed by atoms with Crippen LogP contribution in [0.3, 0.4) is 0 Å². The predicted octanol–water partition coefficient (Wildman–Crippen LogP) is 1.34. The van der Waals surface area contributed by atoms with E-state index in [0.717, 1.165) is 18.7 Å². The summed E-state index contributed by atoms with van der Waals surface area (Å²) in [5.74, 6) is -3.43. The Hall–Kier alpha value is -2.83. The lowest BCUT2D eigenvalue weighted by Crippen LogP contribution is -2.48. The van der Waals surface area contributed by atoms with E-state index in [1.807, 2.05) is 6.07 Å². The van der Waals surface area contributed by atoms with Crippen molar-refractivity contribution in [2.45, 2.75) is 12.6 Å². The number of hydrogen-bond acceptors (Lipinski definition) is 5. The number of alkyl carbamates (subject to hydrolysis) is 1. The minimum Gasteiger partial charge on any atom is -0.480 e. The Morgan fingerprint density at radius 1 is 1.32 bits per heavy atom. The number of ether oxygens (including phenoxy) is 2. The quantitative estimate of drug-likeness (QED) is 0.582. The number of carboxylic acid groups (broad SMARTS) is 1. The van der Waals surface area contributed by atoms with Crippen molar-refractivity contribution in [1.82, 2.24) is 5.32 Å². The molecule has 118 valence electrons. The Morgan fingerprint density at radius 2 is 1.95 bits per heavy atom. The Labute approximate surface area is 127 Å². The summed E-state index contributed by atoms with van der Waals surface area (Å²) in [6, 6.07) is 7.36. The number of carbonyl (C=O) groups is 3. The zero-order valence-electron chi connectivity index (χ0n) is 12.0. The summed E-state index contributed by atoms with van der Waals surface area (Å²) in [5, 5.41) is 11.2. The molecule has 0 heterocycles. The van der Waals surface area contributed by atoms with Gasteiger partial charge in [0.2, 0.25) is 0 Å². The molecular formula is C15H17NO6. The fourth-order valence-electron chi connectivity index (χ4n) is 1.70. The highest BCUT2D eigenvalue weighted by atomic mass is 16.5. The van der Waals surface area contributed by atoms with Crippen molar-refractivity contribution in [3.05, 3.63) is 48.6 Å². The molecule has 0 aliphatic rings. The van der Waals surface area contributed by atoms with E-state index in [9.17, 15) is 14.4 Å². The minimum atomic E-state index is -1.52. The van der Waals surface area contributed by atoms with E-state index in [2.05, 4.69) is 16.6 Å². The number of carbonyl (C=O) groups excluding carboxylic acids is 2. The van der Waals surface area contributed by atoms with Gasteiger partial charge >= 0.3 is 18.0 Å². The van der Waals surface area contributed by atoms with Crippen LogP contribution in [-0.4, -0.2) is 36.3 Å². The number of methoxy groups -OCH3 is 1. The molecule has 1 rings (SSSR count). The van der Waals surface area contributed by atoms with Gasteiger partial charge in [-0.25, -0.2) is 9.59 Å². The molecule has 7 heteroatoms. The van der Waals surface area contributed by atoms with Crippen LogP contribution in [0.25, 0.3) is 0 Å². The summed E-state index contributed by atoms with van der Waals surface area (Å²) in [6.45, 7) is 3.36. The summed E-state index contributed by atoms with van der Waals surface area (Å²) >= 11 is 0. The van der Waals surface area contributed by atoms with Crippen LogP contribution in [0.5, 0.6) is 0 Å². The van der Waals surface area contributed by atoms with Crippen molar-refractivity contribution in [2.75, 3.05) is 7.11 Å². The molecule has 0 unspecified atom stereocenters. The van der Waals surface area contributed by atoms with E-state index in [0.29, 0.717) is 0 Å². The summed E-state index contributed by atoms with van der Waals surface area (Å²) in [5.41, 5.74) is 0.748. The van der Waals surface area contributed by atoms with Gasteiger partial charge in [-0.15, -0.1) is 6.58 Å². The normalized spacial score (nSPS) is 12.6. The van der Waals surface area contributed by atoms with Crippen LogP contribution >= 0.6 is 0 Å². The minimum absolute atomic E-state index is 0.0179. The molecule has 0 aromatic heterocycles. The third-order valence-electron chi connectivity index (χ3n) is 2.84. The second-order valence-corrected chi connectivity index (χ2v) is 4.31. The van der Waals surface area contributed by atoms with Crippen LogP contribution in [0.2, 0.25) is 0 Å². The molecule has 0 fully saturated rings. The summed E-state index contributed by atoms with van der Waals surface area (Å²) in [7, 11) is 1.12. The van der Waals surface area contributed by atoms with E-state index < -0.39 is 30.0 Å². The Kier molecular flexibility index (Phi) is 6.62. The van der Waals surface area contributed by atoms with E-state index in [4.69, 9.17) is 9.84 Å². The van der Waals surface area contributed by atoms with Gasteiger partial charge in [-0.2, -0.15) is 0 Å². The Morgan fingerprint density at radius 3 is 2.45 bits per heavy atom. The molecule has 0 bridgehead atoms. The highest BCUT2D eigenvalue weighted by molar-refractivity contribution is 5.87. The molecule has 7 nitrogen and oxygen atoms in total. The van der Waals surface area contributed by atoms with E-state index in [1.165, 1.54) is 0 Å². The molecule has 1 amide bonds. The van der Waals surface area contributed by atoms with Crippen molar-refractivity contribution in [3.8, 4) is 0 Å². The number of aliphatic carboxylic acids is 1. The third-order valence-corrected chi connectivity index (χ3v) is 2.84. The van der Waals surface area contributed by atoms with Gasteiger partial charge in [0.25, 0.3) is 0 Å². The van der Waals surface area contributed by atoms with Gasteiger partial charge in [0.1, 0.15) is 18.6 Å². The average molecular weight is 307 g/mol. The first-order valence-corrected chi connectivity index (χ1v) is 6.40. The second-order valence-electron chi connectivity index (χ2n) is 4.31. The number of benzene rings is 1. The highest BCUT2D eigenvalue weighted by Crippen LogP contribution is 2.09. The summed E-state index contributed by atoms with van der Waals surface area (Å²) < 4.78 is 9.40. The molecule has 22 heavy (non-hydrogen) atoms. The maximum absolute atomic E-state index is 11.7. The number of amides is 1. The highest BCUT2D eigenvalue weighted by Gasteiger charge is 2.34. The largest absolute Gasteiger partial charge is 0.480 e. The molecule has 0 aliphatic carbocycles. The zero-order chi connectivity index (χ0) is 16.5. The molecule has 0 spiro atoms. The molecule has 1 aromatic carbocycles. The standard InChI is InChI=1S/C15H17NO6/c1-3-11(14(19)21-2)12(13(17)18)16-15(20)22-9-10-7-5-4-6-8-10/h3-8,11-12H,1,9H2,2H3,(H,16,20)(H,17,18)/t11-,12+/m1/s1. The molecule has 0 saturated carbocycles. The van der Waals surface area contributed by atoms with Gasteiger partial charge in [-0.1, -0.05) is 36.4 Å². The number of esters is 1. The van der Waals surface area contributed by atoms with Crippen LogP contribution in [0.4, 0.5) is 4.79 Å². The van der Waals surface area contributed by atoms with Crippen LogP contribution in [0, 0.1) is 5.92 Å².